The molecule has 2 aliphatic carbocycles. The third kappa shape index (κ3) is 2.58. The first kappa shape index (κ1) is 16.5. The molecule has 1 heterocycles. The summed E-state index contributed by atoms with van der Waals surface area (Å²) in [6.07, 6.45) is 2.63. The van der Waals surface area contributed by atoms with Crippen molar-refractivity contribution in [2.45, 2.75) is 44.3 Å². The minimum Gasteiger partial charge on any atom is -0.466 e. The van der Waals surface area contributed by atoms with Crippen LogP contribution in [0, 0.1) is 23.7 Å². The first-order chi connectivity index (χ1) is 10.9. The fourth-order valence-electron chi connectivity index (χ4n) is 4.69. The van der Waals surface area contributed by atoms with Crippen LogP contribution in [-0.2, 0) is 19.1 Å². The zero-order valence-corrected chi connectivity index (χ0v) is 13.4. The first-order valence-electron chi connectivity index (χ1n) is 8.24. The quantitative estimate of drug-likeness (QED) is 0.589. The Morgan fingerprint density at radius 3 is 2.83 bits per heavy atom. The molecule has 0 aromatic carbocycles. The molecule has 2 saturated carbocycles. The van der Waals surface area contributed by atoms with Crippen molar-refractivity contribution in [2.75, 3.05) is 13.2 Å². The van der Waals surface area contributed by atoms with E-state index in [0.29, 0.717) is 19.4 Å². The number of rotatable bonds is 3. The third-order valence-electron chi connectivity index (χ3n) is 5.89. The van der Waals surface area contributed by atoms with E-state index < -0.39 is 30.2 Å². The lowest BCUT2D eigenvalue weighted by atomic mass is 9.76. The van der Waals surface area contributed by atoms with Gasteiger partial charge in [-0.2, -0.15) is 0 Å². The van der Waals surface area contributed by atoms with Crippen LogP contribution in [0.5, 0.6) is 0 Å². The lowest BCUT2D eigenvalue weighted by Crippen LogP contribution is -2.46. The van der Waals surface area contributed by atoms with Crippen LogP contribution < -0.4 is 0 Å². The summed E-state index contributed by atoms with van der Waals surface area (Å²) in [5.74, 6) is -1.23. The molecule has 3 fully saturated rings. The van der Waals surface area contributed by atoms with Gasteiger partial charge in [0.25, 0.3) is 0 Å². The van der Waals surface area contributed by atoms with E-state index in [2.05, 4.69) is 6.58 Å². The number of esters is 2. The molecule has 0 spiro atoms. The molecule has 6 nitrogen and oxygen atoms in total. The molecule has 0 aromatic heterocycles. The number of carbonyl (C=O) groups excluding carboxylic acids is 2. The maximum atomic E-state index is 12.1. The predicted molar refractivity (Wildman–Crippen MR) is 80.1 cm³/mol. The summed E-state index contributed by atoms with van der Waals surface area (Å²) in [6, 6.07) is 0. The number of allylic oxidation sites excluding steroid dienone is 1. The molecule has 0 aromatic rings. The van der Waals surface area contributed by atoms with Gasteiger partial charge in [0.05, 0.1) is 13.2 Å². The van der Waals surface area contributed by atoms with E-state index in [0.717, 1.165) is 18.4 Å². The molecule has 1 saturated heterocycles. The van der Waals surface area contributed by atoms with Crippen molar-refractivity contribution in [2.24, 2.45) is 23.7 Å². The molecule has 128 valence electrons. The fraction of sp³-hybridized carbons (Fsp3) is 0.765. The second-order valence-electron chi connectivity index (χ2n) is 7.08. The SMILES string of the molecule is C=C1CC[C@H]2[C@@H](OC(=O)[C@@]2(O)CO)[C@@H]2[C@@H](COC(C)=O)CC[C@H]12. The number of ether oxygens (including phenoxy) is 2. The van der Waals surface area contributed by atoms with Crippen LogP contribution in [-0.4, -0.2) is 47.1 Å². The Kier molecular flexibility index (Phi) is 4.23. The Labute approximate surface area is 135 Å². The van der Waals surface area contributed by atoms with Crippen molar-refractivity contribution in [1.29, 1.82) is 0 Å². The number of carbonyl (C=O) groups is 2. The number of hydrogen-bond acceptors (Lipinski definition) is 6. The second-order valence-corrected chi connectivity index (χ2v) is 7.08. The van der Waals surface area contributed by atoms with Crippen molar-refractivity contribution < 1.29 is 29.3 Å². The zero-order chi connectivity index (χ0) is 16.8. The summed E-state index contributed by atoms with van der Waals surface area (Å²) in [4.78, 5) is 23.2. The van der Waals surface area contributed by atoms with Crippen molar-refractivity contribution in [3.05, 3.63) is 12.2 Å². The smallest absolute Gasteiger partial charge is 0.341 e. The lowest BCUT2D eigenvalue weighted by Gasteiger charge is -2.31. The van der Waals surface area contributed by atoms with Gasteiger partial charge in [-0.1, -0.05) is 12.2 Å². The van der Waals surface area contributed by atoms with E-state index >= 15 is 0 Å². The molecule has 23 heavy (non-hydrogen) atoms. The van der Waals surface area contributed by atoms with Gasteiger partial charge in [-0.25, -0.2) is 4.79 Å². The standard InChI is InChI=1S/C17H24O6/c1-9-3-6-13-15(23-16(20)17(13,21)8-18)14-11(4-5-12(9)14)7-22-10(2)19/h11-15,18,21H,1,3-8H2,2H3/t11-,12-,13+,14-,15-,17-/m1/s1. The predicted octanol–water partition coefficient (Wildman–Crippen LogP) is 0.807. The number of fused-ring (bicyclic) bond motifs is 3. The molecule has 2 N–H and O–H groups in total. The van der Waals surface area contributed by atoms with Crippen LogP contribution in [0.25, 0.3) is 0 Å². The maximum Gasteiger partial charge on any atom is 0.341 e. The Morgan fingerprint density at radius 1 is 1.43 bits per heavy atom. The molecule has 0 unspecified atom stereocenters. The molecular formula is C17H24O6. The third-order valence-corrected chi connectivity index (χ3v) is 5.89. The van der Waals surface area contributed by atoms with Crippen molar-refractivity contribution >= 4 is 11.9 Å². The highest BCUT2D eigenvalue weighted by molar-refractivity contribution is 5.82. The fourth-order valence-corrected chi connectivity index (χ4v) is 4.69. The molecule has 0 amide bonds. The summed E-state index contributed by atoms with van der Waals surface area (Å²) in [5, 5.41) is 20.1. The van der Waals surface area contributed by atoms with Gasteiger partial charge in [0, 0.05) is 24.7 Å². The highest BCUT2D eigenvalue weighted by atomic mass is 16.6. The summed E-state index contributed by atoms with van der Waals surface area (Å²) in [6.45, 7) is 5.21. The molecule has 0 radical (unpaired) electrons. The average molecular weight is 324 g/mol. The summed E-state index contributed by atoms with van der Waals surface area (Å²) >= 11 is 0. The van der Waals surface area contributed by atoms with Gasteiger partial charge in [0.2, 0.25) is 0 Å². The summed E-state index contributed by atoms with van der Waals surface area (Å²) < 4.78 is 10.7. The van der Waals surface area contributed by atoms with Crippen LogP contribution in [0.1, 0.15) is 32.6 Å². The van der Waals surface area contributed by atoms with E-state index in [9.17, 15) is 19.8 Å². The van der Waals surface area contributed by atoms with E-state index in [1.165, 1.54) is 6.92 Å². The van der Waals surface area contributed by atoms with Crippen molar-refractivity contribution in [3.63, 3.8) is 0 Å². The molecular weight excluding hydrogens is 300 g/mol. The molecule has 0 bridgehead atoms. The lowest BCUT2D eigenvalue weighted by molar-refractivity contribution is -0.160. The molecule has 3 aliphatic rings. The molecule has 6 atom stereocenters. The summed E-state index contributed by atoms with van der Waals surface area (Å²) in [7, 11) is 0. The number of aliphatic hydroxyl groups excluding tert-OH is 1. The zero-order valence-electron chi connectivity index (χ0n) is 13.4. The average Bonchev–Trinajstić information content (AvgIpc) is 2.99. The monoisotopic (exact) mass is 324 g/mol. The van der Waals surface area contributed by atoms with E-state index in [-0.39, 0.29) is 23.7 Å². The van der Waals surface area contributed by atoms with Gasteiger partial charge >= 0.3 is 11.9 Å². The highest BCUT2D eigenvalue weighted by Crippen LogP contribution is 2.53. The topological polar surface area (TPSA) is 93.1 Å². The van der Waals surface area contributed by atoms with Crippen LogP contribution >= 0.6 is 0 Å². The van der Waals surface area contributed by atoms with Crippen LogP contribution in [0.3, 0.4) is 0 Å². The van der Waals surface area contributed by atoms with E-state index in [1.807, 2.05) is 0 Å². The highest BCUT2D eigenvalue weighted by Gasteiger charge is 2.61. The molecule has 6 heteroatoms. The normalized spacial score (nSPS) is 42.7. The minimum absolute atomic E-state index is 0.0149. The second kappa shape index (κ2) is 5.91. The Hall–Kier alpha value is -1.40. The first-order valence-corrected chi connectivity index (χ1v) is 8.24. The Morgan fingerprint density at radius 2 is 2.17 bits per heavy atom. The molecule has 3 rings (SSSR count). The maximum absolute atomic E-state index is 12.1. The number of aliphatic hydroxyl groups is 2. The van der Waals surface area contributed by atoms with Crippen LogP contribution in [0.2, 0.25) is 0 Å². The van der Waals surface area contributed by atoms with E-state index in [4.69, 9.17) is 9.47 Å². The Balaban J connectivity index is 1.89. The van der Waals surface area contributed by atoms with E-state index in [1.54, 1.807) is 0 Å². The van der Waals surface area contributed by atoms with Gasteiger partial charge in [-0.05, 0) is 31.6 Å². The van der Waals surface area contributed by atoms with Crippen LogP contribution in [0.4, 0.5) is 0 Å². The summed E-state index contributed by atoms with van der Waals surface area (Å²) in [5.41, 5.74) is -0.722. The van der Waals surface area contributed by atoms with Crippen molar-refractivity contribution in [3.8, 4) is 0 Å². The molecule has 1 aliphatic heterocycles. The van der Waals surface area contributed by atoms with Gasteiger partial charge < -0.3 is 19.7 Å². The van der Waals surface area contributed by atoms with Gasteiger partial charge in [-0.3, -0.25) is 4.79 Å². The van der Waals surface area contributed by atoms with Gasteiger partial charge in [-0.15, -0.1) is 0 Å². The Bertz CT molecular complexity index is 529. The van der Waals surface area contributed by atoms with Gasteiger partial charge in [0.1, 0.15) is 6.10 Å². The van der Waals surface area contributed by atoms with Crippen molar-refractivity contribution in [1.82, 2.24) is 0 Å². The van der Waals surface area contributed by atoms with Gasteiger partial charge in [0.15, 0.2) is 5.60 Å². The number of hydrogen-bond donors (Lipinski definition) is 2. The van der Waals surface area contributed by atoms with Crippen LogP contribution in [0.15, 0.2) is 12.2 Å². The minimum atomic E-state index is -1.82. The largest absolute Gasteiger partial charge is 0.466 e.